The molecule has 2 aromatic rings. The van der Waals surface area contributed by atoms with E-state index >= 15 is 0 Å². The van der Waals surface area contributed by atoms with E-state index in [4.69, 9.17) is 11.5 Å². The first-order valence-corrected chi connectivity index (χ1v) is 7.18. The Balaban J connectivity index is 2.43. The molecule has 0 amide bonds. The van der Waals surface area contributed by atoms with Crippen LogP contribution in [0.25, 0.3) is 11.3 Å². The van der Waals surface area contributed by atoms with Crippen molar-refractivity contribution < 1.29 is 4.79 Å². The molecule has 5 heteroatoms. The summed E-state index contributed by atoms with van der Waals surface area (Å²) in [6, 6.07) is 9.44. The van der Waals surface area contributed by atoms with Crippen molar-refractivity contribution in [1.29, 1.82) is 0 Å². The van der Waals surface area contributed by atoms with Gasteiger partial charge in [0.05, 0.1) is 0 Å². The Morgan fingerprint density at radius 2 is 2.04 bits per heavy atom. The Bertz CT molecular complexity index is 778. The molecule has 0 aliphatic heterocycles. The Labute approximate surface area is 135 Å². The molecule has 2 rings (SSSR count). The minimum absolute atomic E-state index is 0.349. The van der Waals surface area contributed by atoms with Gasteiger partial charge in [0.25, 0.3) is 0 Å². The first kappa shape index (κ1) is 16.3. The van der Waals surface area contributed by atoms with Crippen LogP contribution in [0.15, 0.2) is 48.8 Å². The van der Waals surface area contributed by atoms with E-state index in [9.17, 15) is 4.79 Å². The minimum Gasteiger partial charge on any atom is -0.404 e. The third-order valence-electron chi connectivity index (χ3n) is 3.56. The minimum atomic E-state index is 0.349. The Morgan fingerprint density at radius 1 is 1.26 bits per heavy atom. The highest BCUT2D eigenvalue weighted by Crippen LogP contribution is 2.23. The molecule has 0 spiro atoms. The number of aldehydes is 1. The number of hydrogen-bond acceptors (Lipinski definition) is 5. The van der Waals surface area contributed by atoms with Crippen LogP contribution in [0.2, 0.25) is 0 Å². The summed E-state index contributed by atoms with van der Waals surface area (Å²) in [5, 5.41) is 3.09. The molecule has 23 heavy (non-hydrogen) atoms. The third-order valence-corrected chi connectivity index (χ3v) is 3.56. The summed E-state index contributed by atoms with van der Waals surface area (Å²) in [5.41, 5.74) is 17.4. The number of allylic oxidation sites excluding steroid dienone is 2. The number of nitrogens with two attached hydrogens (primary N) is 2. The predicted octanol–water partition coefficient (Wildman–Crippen LogP) is 2.54. The van der Waals surface area contributed by atoms with Crippen molar-refractivity contribution in [2.24, 2.45) is 11.5 Å². The number of aryl methyl sites for hydroxylation is 1. The second-order valence-electron chi connectivity index (χ2n) is 5.09. The number of anilines is 1. The average molecular weight is 308 g/mol. The summed E-state index contributed by atoms with van der Waals surface area (Å²) in [7, 11) is 1.86. The molecule has 0 atom stereocenters. The largest absolute Gasteiger partial charge is 0.404 e. The molecule has 0 bridgehead atoms. The van der Waals surface area contributed by atoms with Crippen LogP contribution in [0.1, 0.15) is 27.2 Å². The number of hydrogen-bond donors (Lipinski definition) is 3. The Hall–Kier alpha value is -3.08. The molecule has 5 nitrogen and oxygen atoms in total. The van der Waals surface area contributed by atoms with Crippen LogP contribution in [0.5, 0.6) is 0 Å². The van der Waals surface area contributed by atoms with Gasteiger partial charge in [-0.3, -0.25) is 9.78 Å². The quantitative estimate of drug-likeness (QED) is 0.583. The van der Waals surface area contributed by atoms with Gasteiger partial charge in [-0.15, -0.1) is 0 Å². The third kappa shape index (κ3) is 3.77. The molecule has 0 radical (unpaired) electrons. The van der Waals surface area contributed by atoms with Crippen LogP contribution in [0, 0.1) is 6.92 Å². The van der Waals surface area contributed by atoms with Crippen molar-refractivity contribution in [3.8, 4) is 0 Å². The maximum Gasteiger partial charge on any atom is 0.168 e. The molecule has 0 fully saturated rings. The molecule has 0 saturated carbocycles. The van der Waals surface area contributed by atoms with Gasteiger partial charge < -0.3 is 16.8 Å². The van der Waals surface area contributed by atoms with E-state index in [-0.39, 0.29) is 0 Å². The lowest BCUT2D eigenvalue weighted by molar-refractivity contribution is 0.111. The number of carbonyl (C=O) groups excluding carboxylic acids is 1. The smallest absolute Gasteiger partial charge is 0.168 e. The summed E-state index contributed by atoms with van der Waals surface area (Å²) in [6.45, 7) is 2.00. The normalized spacial score (nSPS) is 12.1. The molecule has 1 heterocycles. The van der Waals surface area contributed by atoms with E-state index in [1.165, 1.54) is 6.20 Å². The molecular formula is C18H20N4O. The lowest BCUT2D eigenvalue weighted by atomic mass is 10.0. The van der Waals surface area contributed by atoms with E-state index in [1.807, 2.05) is 32.2 Å². The molecule has 5 N–H and O–H groups in total. The second kappa shape index (κ2) is 7.26. The lowest BCUT2D eigenvalue weighted by Gasteiger charge is -2.10. The summed E-state index contributed by atoms with van der Waals surface area (Å²) in [4.78, 5) is 14.8. The second-order valence-corrected chi connectivity index (χ2v) is 5.09. The topological polar surface area (TPSA) is 94.0 Å². The SMILES string of the molecule is CNc1ccc(C)c(/C(N)=C/C(=C\N)c2ccnc(C=O)c2)c1. The van der Waals surface area contributed by atoms with Gasteiger partial charge in [0.1, 0.15) is 5.69 Å². The monoisotopic (exact) mass is 308 g/mol. The van der Waals surface area contributed by atoms with Gasteiger partial charge in [0.2, 0.25) is 0 Å². The lowest BCUT2D eigenvalue weighted by Crippen LogP contribution is -2.02. The number of rotatable bonds is 5. The van der Waals surface area contributed by atoms with E-state index in [2.05, 4.69) is 10.3 Å². The molecule has 118 valence electrons. The van der Waals surface area contributed by atoms with Crippen molar-refractivity contribution in [2.75, 3.05) is 12.4 Å². The van der Waals surface area contributed by atoms with Crippen molar-refractivity contribution in [1.82, 2.24) is 4.98 Å². The van der Waals surface area contributed by atoms with Crippen molar-refractivity contribution in [3.63, 3.8) is 0 Å². The van der Waals surface area contributed by atoms with Crippen molar-refractivity contribution in [3.05, 3.63) is 71.2 Å². The standard InChI is InChI=1S/C18H20N4O/c1-12-3-4-15(21-2)9-17(12)18(20)8-14(10-19)13-5-6-22-16(7-13)11-23/h3-11,21H,19-20H2,1-2H3/b14-10+,18-8-. The van der Waals surface area contributed by atoms with Gasteiger partial charge in [-0.25, -0.2) is 0 Å². The molecule has 0 saturated heterocycles. The molecule has 0 aliphatic carbocycles. The fraction of sp³-hybridized carbons (Fsp3) is 0.111. The van der Waals surface area contributed by atoms with Gasteiger partial charge in [0, 0.05) is 36.4 Å². The fourth-order valence-corrected chi connectivity index (χ4v) is 2.25. The van der Waals surface area contributed by atoms with Crippen molar-refractivity contribution >= 4 is 23.2 Å². The summed E-state index contributed by atoms with van der Waals surface area (Å²) >= 11 is 0. The van der Waals surface area contributed by atoms with Crippen LogP contribution in [-0.4, -0.2) is 18.3 Å². The highest BCUT2D eigenvalue weighted by molar-refractivity contribution is 5.85. The van der Waals surface area contributed by atoms with Gasteiger partial charge in [-0.2, -0.15) is 0 Å². The highest BCUT2D eigenvalue weighted by atomic mass is 16.1. The first-order chi connectivity index (χ1) is 11.1. The zero-order valence-corrected chi connectivity index (χ0v) is 13.2. The number of pyridine rings is 1. The van der Waals surface area contributed by atoms with Crippen LogP contribution in [0.3, 0.4) is 0 Å². The van der Waals surface area contributed by atoms with E-state index in [1.54, 1.807) is 24.4 Å². The zero-order chi connectivity index (χ0) is 16.8. The molecule has 0 aliphatic rings. The number of aromatic nitrogens is 1. The van der Waals surface area contributed by atoms with Crippen LogP contribution in [-0.2, 0) is 0 Å². The summed E-state index contributed by atoms with van der Waals surface area (Å²) in [5.74, 6) is 0. The van der Waals surface area contributed by atoms with Crippen LogP contribution < -0.4 is 16.8 Å². The number of nitrogens with one attached hydrogen (secondary N) is 1. The summed E-state index contributed by atoms with van der Waals surface area (Å²) < 4.78 is 0. The fourth-order valence-electron chi connectivity index (χ4n) is 2.25. The van der Waals surface area contributed by atoms with Crippen molar-refractivity contribution in [2.45, 2.75) is 6.92 Å². The van der Waals surface area contributed by atoms with E-state index < -0.39 is 0 Å². The average Bonchev–Trinajstić information content (AvgIpc) is 2.59. The van der Waals surface area contributed by atoms with Crippen LogP contribution >= 0.6 is 0 Å². The van der Waals surface area contributed by atoms with Crippen LogP contribution in [0.4, 0.5) is 5.69 Å². The van der Waals surface area contributed by atoms with E-state index in [0.29, 0.717) is 17.7 Å². The summed E-state index contributed by atoms with van der Waals surface area (Å²) in [6.07, 6.45) is 5.53. The molecule has 0 unspecified atom stereocenters. The maximum absolute atomic E-state index is 10.9. The Kier molecular flexibility index (Phi) is 5.15. The van der Waals surface area contributed by atoms with Gasteiger partial charge in [-0.05, 0) is 54.0 Å². The predicted molar refractivity (Wildman–Crippen MR) is 94.7 cm³/mol. The van der Waals surface area contributed by atoms with Gasteiger partial charge in [0.15, 0.2) is 6.29 Å². The van der Waals surface area contributed by atoms with Gasteiger partial charge in [-0.1, -0.05) is 6.07 Å². The first-order valence-electron chi connectivity index (χ1n) is 7.18. The maximum atomic E-state index is 10.9. The molecular weight excluding hydrogens is 288 g/mol. The van der Waals surface area contributed by atoms with Gasteiger partial charge >= 0.3 is 0 Å². The number of carbonyl (C=O) groups is 1. The Morgan fingerprint density at radius 3 is 2.70 bits per heavy atom. The van der Waals surface area contributed by atoms with E-state index in [0.717, 1.165) is 28.0 Å². The zero-order valence-electron chi connectivity index (χ0n) is 13.2. The number of nitrogens with zero attached hydrogens (tertiary/aromatic N) is 1. The molecule has 1 aromatic heterocycles. The number of benzene rings is 1. The molecule has 1 aromatic carbocycles. The highest BCUT2D eigenvalue weighted by Gasteiger charge is 2.06.